The van der Waals surface area contributed by atoms with Crippen molar-refractivity contribution in [2.45, 2.75) is 30.8 Å². The van der Waals surface area contributed by atoms with E-state index in [1.807, 2.05) is 32.2 Å². The lowest BCUT2D eigenvalue weighted by Gasteiger charge is -2.10. The van der Waals surface area contributed by atoms with E-state index < -0.39 is 0 Å². The molecule has 0 fully saturated rings. The largest absolute Gasteiger partial charge is 0.245 e. The second-order valence-electron chi connectivity index (χ2n) is 4.66. The first-order valence-corrected chi connectivity index (χ1v) is 8.05. The van der Waals surface area contributed by atoms with E-state index in [-0.39, 0.29) is 0 Å². The predicted octanol–water partition coefficient (Wildman–Crippen LogP) is 4.03. The quantitative estimate of drug-likeness (QED) is 0.668. The van der Waals surface area contributed by atoms with Gasteiger partial charge in [0.2, 0.25) is 0 Å². The van der Waals surface area contributed by atoms with Gasteiger partial charge in [-0.3, -0.25) is 0 Å². The van der Waals surface area contributed by atoms with E-state index in [1.54, 1.807) is 17.7 Å². The minimum atomic E-state index is 0.630. The van der Waals surface area contributed by atoms with Crippen molar-refractivity contribution in [1.29, 1.82) is 5.26 Å². The first-order valence-electron chi connectivity index (χ1n) is 6.35. The van der Waals surface area contributed by atoms with Gasteiger partial charge in [0.25, 0.3) is 0 Å². The first-order chi connectivity index (χ1) is 10.1. The third-order valence-corrected chi connectivity index (χ3v) is 5.32. The van der Waals surface area contributed by atoms with Gasteiger partial charge in [0, 0.05) is 11.1 Å². The van der Waals surface area contributed by atoms with E-state index in [1.165, 1.54) is 11.8 Å². The molecule has 0 aliphatic heterocycles. The molecule has 0 aromatic carbocycles. The van der Waals surface area contributed by atoms with Crippen LogP contribution in [0.4, 0.5) is 0 Å². The van der Waals surface area contributed by atoms with Crippen LogP contribution in [0.5, 0.6) is 0 Å². The van der Waals surface area contributed by atoms with Gasteiger partial charge in [0.15, 0.2) is 0 Å². The van der Waals surface area contributed by atoms with Crippen LogP contribution in [0.3, 0.4) is 0 Å². The van der Waals surface area contributed by atoms with Crippen LogP contribution < -0.4 is 0 Å². The molecule has 0 saturated carbocycles. The van der Waals surface area contributed by atoms with Gasteiger partial charge < -0.3 is 0 Å². The Morgan fingerprint density at radius 1 is 1.14 bits per heavy atom. The third-order valence-electron chi connectivity index (χ3n) is 3.49. The molecule has 3 aromatic rings. The Kier molecular flexibility index (Phi) is 3.62. The summed E-state index contributed by atoms with van der Waals surface area (Å²) in [4.78, 5) is 14.1. The summed E-state index contributed by atoms with van der Waals surface area (Å²) in [6.07, 6.45) is 1.56. The number of hydrogen-bond acceptors (Lipinski definition) is 6. The zero-order chi connectivity index (χ0) is 15.0. The molecule has 104 valence electrons. The molecule has 0 aliphatic carbocycles. The van der Waals surface area contributed by atoms with Crippen molar-refractivity contribution in [2.24, 2.45) is 0 Å². The molecule has 3 aromatic heterocycles. The number of thiophene rings is 1. The van der Waals surface area contributed by atoms with Crippen LogP contribution in [0.15, 0.2) is 27.8 Å². The Morgan fingerprint density at radius 3 is 2.71 bits per heavy atom. The Labute approximate surface area is 130 Å². The van der Waals surface area contributed by atoms with E-state index in [0.717, 1.165) is 32.1 Å². The van der Waals surface area contributed by atoms with Crippen molar-refractivity contribution < 1.29 is 0 Å². The minimum Gasteiger partial charge on any atom is -0.245 e. The molecule has 6 heteroatoms. The van der Waals surface area contributed by atoms with E-state index in [9.17, 15) is 5.26 Å². The molecule has 4 nitrogen and oxygen atoms in total. The lowest BCUT2D eigenvalue weighted by atomic mass is 10.1. The number of nitrogens with zero attached hydrogens (tertiary/aromatic N) is 4. The number of rotatable bonds is 2. The van der Waals surface area contributed by atoms with Gasteiger partial charge in [-0.1, -0.05) is 0 Å². The summed E-state index contributed by atoms with van der Waals surface area (Å²) in [6, 6.07) is 4.27. The maximum atomic E-state index is 9.43. The Balaban J connectivity index is 2.14. The highest BCUT2D eigenvalue weighted by atomic mass is 32.2. The van der Waals surface area contributed by atoms with Crippen molar-refractivity contribution in [3.63, 3.8) is 0 Å². The molecule has 0 unspecified atom stereocenters. The fraction of sp³-hybridized carbons (Fsp3) is 0.200. The monoisotopic (exact) mass is 312 g/mol. The summed E-state index contributed by atoms with van der Waals surface area (Å²) >= 11 is 3.01. The van der Waals surface area contributed by atoms with Crippen LogP contribution in [-0.2, 0) is 0 Å². The number of nitriles is 1. The molecular formula is C15H12N4S2. The van der Waals surface area contributed by atoms with E-state index in [4.69, 9.17) is 0 Å². The summed E-state index contributed by atoms with van der Waals surface area (Å²) in [6.45, 7) is 5.93. The molecular weight excluding hydrogens is 300 g/mol. The summed E-state index contributed by atoms with van der Waals surface area (Å²) in [5, 5.41) is 14.0. The average molecular weight is 312 g/mol. The highest BCUT2D eigenvalue weighted by Crippen LogP contribution is 2.35. The second kappa shape index (κ2) is 5.43. The van der Waals surface area contributed by atoms with Crippen LogP contribution in [0, 0.1) is 32.1 Å². The zero-order valence-corrected chi connectivity index (χ0v) is 13.5. The van der Waals surface area contributed by atoms with Gasteiger partial charge >= 0.3 is 0 Å². The molecule has 3 heterocycles. The summed E-state index contributed by atoms with van der Waals surface area (Å²) in [5.74, 6) is 0. The molecule has 3 rings (SSSR count). The maximum Gasteiger partial charge on any atom is 0.127 e. The number of pyridine rings is 1. The van der Waals surface area contributed by atoms with Crippen LogP contribution in [0.2, 0.25) is 0 Å². The van der Waals surface area contributed by atoms with Gasteiger partial charge in [0.1, 0.15) is 27.3 Å². The molecule has 0 radical (unpaired) electrons. The normalized spacial score (nSPS) is 10.8. The van der Waals surface area contributed by atoms with Crippen molar-refractivity contribution in [3.05, 3.63) is 40.2 Å². The molecule has 21 heavy (non-hydrogen) atoms. The van der Waals surface area contributed by atoms with Crippen molar-refractivity contribution >= 4 is 33.3 Å². The standard InChI is InChI=1S/C15H12N4S2/c1-8-9(2)12(6-16)15(19-10(8)3)21-14-11-4-5-20-13(11)17-7-18-14/h4-5,7H,1-3H3. The molecule has 0 bridgehead atoms. The van der Waals surface area contributed by atoms with Crippen LogP contribution in [0.1, 0.15) is 22.4 Å². The Morgan fingerprint density at radius 2 is 1.95 bits per heavy atom. The van der Waals surface area contributed by atoms with Gasteiger partial charge in [-0.05, 0) is 55.1 Å². The fourth-order valence-electron chi connectivity index (χ4n) is 2.06. The molecule has 0 amide bonds. The van der Waals surface area contributed by atoms with Gasteiger partial charge in [0.05, 0.1) is 5.56 Å². The van der Waals surface area contributed by atoms with E-state index >= 15 is 0 Å². The lowest BCUT2D eigenvalue weighted by molar-refractivity contribution is 0.993. The molecule has 0 spiro atoms. The third kappa shape index (κ3) is 2.39. The summed E-state index contributed by atoms with van der Waals surface area (Å²) in [7, 11) is 0. The van der Waals surface area contributed by atoms with Crippen LogP contribution in [0.25, 0.3) is 10.2 Å². The summed E-state index contributed by atoms with van der Waals surface area (Å²) in [5.41, 5.74) is 3.64. The number of fused-ring (bicyclic) bond motifs is 1. The van der Waals surface area contributed by atoms with Gasteiger partial charge in [-0.25, -0.2) is 15.0 Å². The smallest absolute Gasteiger partial charge is 0.127 e. The van der Waals surface area contributed by atoms with Crippen molar-refractivity contribution in [3.8, 4) is 6.07 Å². The average Bonchev–Trinajstić information content (AvgIpc) is 2.95. The molecule has 0 atom stereocenters. The van der Waals surface area contributed by atoms with Crippen LogP contribution in [-0.4, -0.2) is 15.0 Å². The van der Waals surface area contributed by atoms with Gasteiger partial charge in [-0.2, -0.15) is 5.26 Å². The van der Waals surface area contributed by atoms with Crippen molar-refractivity contribution in [1.82, 2.24) is 15.0 Å². The molecule has 0 aliphatic rings. The number of aryl methyl sites for hydroxylation is 1. The Hall–Kier alpha value is -1.97. The predicted molar refractivity (Wildman–Crippen MR) is 84.7 cm³/mol. The number of aromatic nitrogens is 3. The van der Waals surface area contributed by atoms with E-state index in [2.05, 4.69) is 21.0 Å². The maximum absolute atomic E-state index is 9.43. The highest BCUT2D eigenvalue weighted by Gasteiger charge is 2.15. The first kappa shape index (κ1) is 14.0. The lowest BCUT2D eigenvalue weighted by Crippen LogP contribution is -1.99. The van der Waals surface area contributed by atoms with Crippen molar-refractivity contribution in [2.75, 3.05) is 0 Å². The zero-order valence-electron chi connectivity index (χ0n) is 11.8. The Bertz CT molecular complexity index is 877. The van der Waals surface area contributed by atoms with E-state index in [0.29, 0.717) is 10.6 Å². The highest BCUT2D eigenvalue weighted by molar-refractivity contribution is 7.99. The number of hydrogen-bond donors (Lipinski definition) is 0. The topological polar surface area (TPSA) is 62.5 Å². The molecule has 0 saturated heterocycles. The van der Waals surface area contributed by atoms with Gasteiger partial charge in [-0.15, -0.1) is 11.3 Å². The molecule has 0 N–H and O–H groups in total. The fourth-order valence-corrected chi connectivity index (χ4v) is 3.90. The SMILES string of the molecule is Cc1nc(Sc2ncnc3sccc23)c(C#N)c(C)c1C. The minimum absolute atomic E-state index is 0.630. The van der Waals surface area contributed by atoms with Crippen LogP contribution >= 0.6 is 23.1 Å². The summed E-state index contributed by atoms with van der Waals surface area (Å²) < 4.78 is 0. The second-order valence-corrected chi connectivity index (χ2v) is 6.53.